The van der Waals surface area contributed by atoms with E-state index in [4.69, 9.17) is 0 Å². The lowest BCUT2D eigenvalue weighted by Crippen LogP contribution is -2.28. The van der Waals surface area contributed by atoms with E-state index >= 15 is 0 Å². The minimum absolute atomic E-state index is 0.0181. The van der Waals surface area contributed by atoms with Crippen molar-refractivity contribution in [3.8, 4) is 0 Å². The Morgan fingerprint density at radius 3 is 1.82 bits per heavy atom. The van der Waals surface area contributed by atoms with E-state index in [2.05, 4.69) is 13.8 Å². The van der Waals surface area contributed by atoms with E-state index < -0.39 is 0 Å². The molecule has 0 aliphatic rings. The maximum atomic E-state index is 12.3. The van der Waals surface area contributed by atoms with Gasteiger partial charge in [0, 0.05) is 37.0 Å². The first-order valence-corrected chi connectivity index (χ1v) is 8.78. The zero-order valence-electron chi connectivity index (χ0n) is 15.3. The second-order valence-corrected chi connectivity index (χ2v) is 7.12. The number of hydrogen-bond acceptors (Lipinski definition) is 3. The highest BCUT2D eigenvalue weighted by Crippen LogP contribution is 2.24. The molecule has 0 rings (SSSR count). The van der Waals surface area contributed by atoms with Crippen LogP contribution in [0.1, 0.15) is 80.1 Å². The van der Waals surface area contributed by atoms with Crippen LogP contribution in [0.15, 0.2) is 0 Å². The third-order valence-electron chi connectivity index (χ3n) is 4.49. The molecule has 0 aromatic heterocycles. The summed E-state index contributed by atoms with van der Waals surface area (Å²) < 4.78 is 0. The van der Waals surface area contributed by atoms with Gasteiger partial charge in [-0.15, -0.1) is 0 Å². The number of Topliss-reactive ketones (excluding diaryl/α,β-unsaturated/α-hetero) is 3. The molecule has 0 heterocycles. The molecule has 0 bridgehead atoms. The van der Waals surface area contributed by atoms with Gasteiger partial charge < -0.3 is 0 Å². The van der Waals surface area contributed by atoms with Crippen molar-refractivity contribution >= 4 is 17.3 Å². The first kappa shape index (κ1) is 21.0. The molecule has 0 saturated heterocycles. The van der Waals surface area contributed by atoms with Crippen LogP contribution in [0.5, 0.6) is 0 Å². The molecule has 22 heavy (non-hydrogen) atoms. The molecule has 0 N–H and O–H groups in total. The minimum atomic E-state index is -0.144. The summed E-state index contributed by atoms with van der Waals surface area (Å²) in [4.78, 5) is 35.9. The second kappa shape index (κ2) is 10.7. The molecular formula is C19H34O3. The van der Waals surface area contributed by atoms with Gasteiger partial charge in [-0.2, -0.15) is 0 Å². The van der Waals surface area contributed by atoms with Gasteiger partial charge in [-0.05, 0) is 18.8 Å². The Hall–Kier alpha value is -0.990. The minimum Gasteiger partial charge on any atom is -0.300 e. The van der Waals surface area contributed by atoms with Gasteiger partial charge in [-0.1, -0.05) is 48.0 Å². The molecule has 0 aliphatic heterocycles. The summed E-state index contributed by atoms with van der Waals surface area (Å²) >= 11 is 0. The smallest absolute Gasteiger partial charge is 0.139 e. The number of ketones is 3. The quantitative estimate of drug-likeness (QED) is 0.494. The third-order valence-corrected chi connectivity index (χ3v) is 4.49. The van der Waals surface area contributed by atoms with Gasteiger partial charge in [0.2, 0.25) is 0 Å². The molecule has 1 unspecified atom stereocenters. The summed E-state index contributed by atoms with van der Waals surface area (Å²) in [6, 6.07) is 0. The molecule has 0 fully saturated rings. The van der Waals surface area contributed by atoms with Gasteiger partial charge in [0.25, 0.3) is 0 Å². The molecule has 0 aromatic carbocycles. The molecule has 128 valence electrons. The van der Waals surface area contributed by atoms with Crippen LogP contribution >= 0.6 is 0 Å². The van der Waals surface area contributed by atoms with Crippen LogP contribution in [-0.4, -0.2) is 17.3 Å². The standard InChI is InChI=1S/C19H34O3/c1-7-15(6)17(19(22)14(4)5)12-16(20)10-8-9-11-18(21)13(2)3/h13-15,17H,7-12H2,1-6H3/t15?,17-/m0/s1. The normalized spacial score (nSPS) is 14.2. The molecule has 0 radical (unpaired) electrons. The maximum absolute atomic E-state index is 12.3. The largest absolute Gasteiger partial charge is 0.300 e. The van der Waals surface area contributed by atoms with Gasteiger partial charge in [-0.25, -0.2) is 0 Å². The number of carbonyl (C=O) groups excluding carboxylic acids is 3. The Morgan fingerprint density at radius 2 is 1.36 bits per heavy atom. The summed E-state index contributed by atoms with van der Waals surface area (Å²) in [7, 11) is 0. The van der Waals surface area contributed by atoms with Crippen LogP contribution in [-0.2, 0) is 14.4 Å². The van der Waals surface area contributed by atoms with Crippen molar-refractivity contribution < 1.29 is 14.4 Å². The van der Waals surface area contributed by atoms with Crippen molar-refractivity contribution in [2.75, 3.05) is 0 Å². The first-order valence-electron chi connectivity index (χ1n) is 8.78. The van der Waals surface area contributed by atoms with Crippen molar-refractivity contribution in [2.24, 2.45) is 23.7 Å². The lowest BCUT2D eigenvalue weighted by molar-refractivity contribution is -0.131. The Labute approximate surface area is 136 Å². The molecule has 0 amide bonds. The highest BCUT2D eigenvalue weighted by molar-refractivity contribution is 5.89. The van der Waals surface area contributed by atoms with Gasteiger partial charge in [0.05, 0.1) is 0 Å². The lowest BCUT2D eigenvalue weighted by Gasteiger charge is -2.23. The molecule has 3 nitrogen and oxygen atoms in total. The zero-order valence-corrected chi connectivity index (χ0v) is 15.3. The van der Waals surface area contributed by atoms with Crippen molar-refractivity contribution in [2.45, 2.75) is 80.1 Å². The zero-order chi connectivity index (χ0) is 17.3. The van der Waals surface area contributed by atoms with Crippen LogP contribution in [0.2, 0.25) is 0 Å². The van der Waals surface area contributed by atoms with E-state index in [1.54, 1.807) is 0 Å². The fourth-order valence-electron chi connectivity index (χ4n) is 2.55. The van der Waals surface area contributed by atoms with Gasteiger partial charge in [0.1, 0.15) is 17.3 Å². The van der Waals surface area contributed by atoms with Gasteiger partial charge >= 0.3 is 0 Å². The number of carbonyl (C=O) groups is 3. The van der Waals surface area contributed by atoms with E-state index in [1.807, 2.05) is 27.7 Å². The highest BCUT2D eigenvalue weighted by atomic mass is 16.1. The van der Waals surface area contributed by atoms with Crippen LogP contribution < -0.4 is 0 Å². The van der Waals surface area contributed by atoms with Crippen molar-refractivity contribution in [3.05, 3.63) is 0 Å². The molecule has 0 spiro atoms. The number of hydrogen-bond donors (Lipinski definition) is 0. The second-order valence-electron chi connectivity index (χ2n) is 7.12. The average molecular weight is 310 g/mol. The summed E-state index contributed by atoms with van der Waals surface area (Å²) in [5.74, 6) is 0.801. The van der Waals surface area contributed by atoms with Crippen LogP contribution in [0, 0.1) is 23.7 Å². The van der Waals surface area contributed by atoms with E-state index in [-0.39, 0.29) is 41.0 Å². The van der Waals surface area contributed by atoms with Crippen LogP contribution in [0.25, 0.3) is 0 Å². The fourth-order valence-corrected chi connectivity index (χ4v) is 2.55. The molecular weight excluding hydrogens is 276 g/mol. The SMILES string of the molecule is CCC(C)[C@H](CC(=O)CCCCC(=O)C(C)C)C(=O)C(C)C. The van der Waals surface area contributed by atoms with Crippen LogP contribution in [0.4, 0.5) is 0 Å². The van der Waals surface area contributed by atoms with E-state index in [1.165, 1.54) is 0 Å². The number of unbranched alkanes of at least 4 members (excludes halogenated alkanes) is 1. The predicted molar refractivity (Wildman–Crippen MR) is 90.7 cm³/mol. The molecule has 0 saturated carbocycles. The average Bonchev–Trinajstić information content (AvgIpc) is 2.47. The van der Waals surface area contributed by atoms with E-state index in [0.29, 0.717) is 19.3 Å². The maximum Gasteiger partial charge on any atom is 0.139 e. The molecule has 0 aliphatic carbocycles. The first-order chi connectivity index (χ1) is 10.2. The van der Waals surface area contributed by atoms with Crippen molar-refractivity contribution in [1.82, 2.24) is 0 Å². The lowest BCUT2D eigenvalue weighted by atomic mass is 9.80. The van der Waals surface area contributed by atoms with Gasteiger partial charge in [0.15, 0.2) is 0 Å². The summed E-state index contributed by atoms with van der Waals surface area (Å²) in [5, 5.41) is 0. The molecule has 2 atom stereocenters. The monoisotopic (exact) mass is 310 g/mol. The summed E-state index contributed by atoms with van der Waals surface area (Å²) in [5.41, 5.74) is 0. The summed E-state index contributed by atoms with van der Waals surface area (Å²) in [6.07, 6.45) is 3.85. The molecule has 3 heteroatoms. The summed E-state index contributed by atoms with van der Waals surface area (Å²) in [6.45, 7) is 11.7. The Bertz CT molecular complexity index is 369. The predicted octanol–water partition coefficient (Wildman–Crippen LogP) is 4.62. The van der Waals surface area contributed by atoms with Crippen molar-refractivity contribution in [3.63, 3.8) is 0 Å². The van der Waals surface area contributed by atoms with Crippen molar-refractivity contribution in [1.29, 1.82) is 0 Å². The fraction of sp³-hybridized carbons (Fsp3) is 0.842. The Kier molecular flexibility index (Phi) is 10.2. The Balaban J connectivity index is 4.29. The van der Waals surface area contributed by atoms with E-state index in [9.17, 15) is 14.4 Å². The highest BCUT2D eigenvalue weighted by Gasteiger charge is 2.27. The Morgan fingerprint density at radius 1 is 0.818 bits per heavy atom. The van der Waals surface area contributed by atoms with Crippen LogP contribution in [0.3, 0.4) is 0 Å². The molecule has 0 aromatic rings. The van der Waals surface area contributed by atoms with Gasteiger partial charge in [-0.3, -0.25) is 14.4 Å². The topological polar surface area (TPSA) is 51.2 Å². The third kappa shape index (κ3) is 7.86. The number of rotatable bonds is 12. The van der Waals surface area contributed by atoms with E-state index in [0.717, 1.165) is 19.3 Å².